The maximum Gasteiger partial charge on any atom is 3.00 e. The molecule has 263 valence electrons. The van der Waals surface area contributed by atoms with E-state index in [2.05, 4.69) is 129 Å². The molecule has 3 aliphatic carbocycles. The summed E-state index contributed by atoms with van der Waals surface area (Å²) in [4.78, 5) is 0. The molecule has 0 amide bonds. The van der Waals surface area contributed by atoms with E-state index in [0.29, 0.717) is 24.3 Å². The Morgan fingerprint density at radius 1 is 0.413 bits per heavy atom. The van der Waals surface area contributed by atoms with Gasteiger partial charge in [-0.3, -0.25) is 0 Å². The second-order valence-corrected chi connectivity index (χ2v) is 14.9. The first-order valence-electron chi connectivity index (χ1n) is 14.2. The molecule has 0 unspecified atom stereocenters. The minimum Gasteiger partial charge on any atom is -2.00 e. The van der Waals surface area contributed by atoms with E-state index < -0.39 is 15.7 Å². The molecule has 15 radical (unpaired) electrons. The molecule has 2 nitrogen and oxygen atoms in total. The topological polar surface area (TPSA) is 47.6 Å². The van der Waals surface area contributed by atoms with Crippen LogP contribution in [0.2, 0.25) is 0 Å². The zero-order valence-corrected chi connectivity index (χ0v) is 41.4. The number of hydrogen-bond donors (Lipinski definition) is 0. The van der Waals surface area contributed by atoms with Crippen molar-refractivity contribution in [1.29, 1.82) is 10.5 Å². The summed E-state index contributed by atoms with van der Waals surface area (Å²) in [6.07, 6.45) is 1.02. The molecule has 0 heterocycles. The summed E-state index contributed by atoms with van der Waals surface area (Å²) in [6, 6.07) is 3.83. The average molecular weight is 1260 g/mol. The Bertz CT molecular complexity index is 552. The van der Waals surface area contributed by atoms with Gasteiger partial charge in [0, 0.05) is 12.8 Å². The molecule has 0 aromatic carbocycles. The molecule has 3 saturated carbocycles. The maximum atomic E-state index is 7.75. The fourth-order valence-corrected chi connectivity index (χ4v) is 4.49. The summed E-state index contributed by atoms with van der Waals surface area (Å²) >= 11 is 8.30. The molecule has 3 rings (SSSR count). The maximum absolute atomic E-state index is 7.75. The van der Waals surface area contributed by atoms with Crippen molar-refractivity contribution in [3.63, 3.8) is 0 Å². The van der Waals surface area contributed by atoms with Gasteiger partial charge in [-0.15, -0.1) is 0 Å². The Balaban J connectivity index is -0.000000107. The molecule has 0 spiro atoms. The third kappa shape index (κ3) is 21.8. The summed E-state index contributed by atoms with van der Waals surface area (Å²) < 4.78 is 0. The van der Waals surface area contributed by atoms with Crippen molar-refractivity contribution in [1.82, 2.24) is 0 Å². The Morgan fingerprint density at radius 3 is 0.522 bits per heavy atom. The molecule has 46 heavy (non-hydrogen) atoms. The van der Waals surface area contributed by atoms with Gasteiger partial charge in [-0.2, -0.15) is 22.0 Å². The molecule has 0 N–H and O–H groups in total. The van der Waals surface area contributed by atoms with Gasteiger partial charge < -0.3 is 38.8 Å². The number of hydrogen-bond acceptors (Lipinski definition) is 4. The van der Waals surface area contributed by atoms with E-state index in [0.717, 1.165) is 0 Å². The van der Waals surface area contributed by atoms with Crippen molar-refractivity contribution in [3.05, 3.63) is 88.8 Å². The van der Waals surface area contributed by atoms with Crippen molar-refractivity contribution in [2.45, 2.75) is 117 Å². The van der Waals surface area contributed by atoms with E-state index >= 15 is 0 Å². The molecule has 3 aliphatic rings. The quantitative estimate of drug-likeness (QED) is 0.259. The summed E-state index contributed by atoms with van der Waals surface area (Å²) in [5, 5.41) is 15.5. The normalized spacial score (nSPS) is 20.5. The first kappa shape index (κ1) is 60.6. The predicted molar refractivity (Wildman–Crippen MR) is 198 cm³/mol. The standard InChI is InChI=1S/3C10H15.2C3H5NS.2ClH.3Ir.S/c3*1-6-7(2)9(4)10(5)8(6)3;2*4-2-1-3-5;;;;;;/h3*1-5H3;2*5H,1,3H2;2*1H;;;;/q;;;;;;;3*+3;-2/p-4. The van der Waals surface area contributed by atoms with Crippen LogP contribution in [0.4, 0.5) is 0 Å². The van der Waals surface area contributed by atoms with Crippen LogP contribution < -0.4 is 0 Å². The van der Waals surface area contributed by atoms with Crippen molar-refractivity contribution >= 4 is 57.9 Å². The van der Waals surface area contributed by atoms with Crippen molar-refractivity contribution in [2.75, 3.05) is 11.5 Å². The van der Waals surface area contributed by atoms with Crippen LogP contribution in [-0.2, 0) is 94.6 Å². The Hall–Kier alpha value is 2.56. The average Bonchev–Trinajstić information content (AvgIpc) is 3.35. The molecule has 0 aromatic rings. The van der Waals surface area contributed by atoms with E-state index in [1.54, 1.807) is 0 Å². The van der Waals surface area contributed by atoms with Crippen LogP contribution in [0.25, 0.3) is 0 Å². The van der Waals surface area contributed by atoms with Gasteiger partial charge in [0.25, 0.3) is 0 Å². The molecule has 0 saturated heterocycles. The fourth-order valence-electron chi connectivity index (χ4n) is 4.31. The Labute approximate surface area is 349 Å². The molecular formula is C36H53Cl2Ir3N2S3+3. The van der Waals surface area contributed by atoms with Crippen molar-refractivity contribution < 1.29 is 55.9 Å². The second-order valence-electron chi connectivity index (χ2n) is 10.6. The van der Waals surface area contributed by atoms with Crippen LogP contribution in [0.1, 0.15) is 117 Å². The third-order valence-electron chi connectivity index (χ3n) is 8.87. The van der Waals surface area contributed by atoms with E-state index in [1.807, 2.05) is 12.1 Å². The van der Waals surface area contributed by atoms with Crippen LogP contribution in [0.5, 0.6) is 0 Å². The van der Waals surface area contributed by atoms with Gasteiger partial charge in [0.05, 0.1) is 12.1 Å². The number of rotatable bonds is 2. The molecule has 0 aliphatic heterocycles. The second kappa shape index (κ2) is 34.6. The van der Waals surface area contributed by atoms with E-state index in [9.17, 15) is 0 Å². The van der Waals surface area contributed by atoms with Gasteiger partial charge in [0.2, 0.25) is 0 Å². The summed E-state index contributed by atoms with van der Waals surface area (Å²) in [5.41, 5.74) is 0. The molecule has 3 fully saturated rings. The van der Waals surface area contributed by atoms with E-state index in [4.69, 9.17) is 29.7 Å². The zero-order chi connectivity index (χ0) is 34.6. The molecular weight excluding hydrogens is 1200 g/mol. The van der Waals surface area contributed by atoms with Gasteiger partial charge in [-0.1, -0.05) is 104 Å². The minimum atomic E-state index is -0.556. The molecule has 0 atom stereocenters. The van der Waals surface area contributed by atoms with Crippen LogP contribution in [-0.4, -0.2) is 11.5 Å². The smallest absolute Gasteiger partial charge is 2.00 e. The Morgan fingerprint density at radius 2 is 0.500 bits per heavy atom. The SMILES string of the molecule is C[C]1[C](C)[C](C)[C](C)[C]1C.C[C]1[C](C)[C](C)[C](C)[C]1C.C[C]1[C](C)[C](C)[C](C)[C]1C.N#CCC[S-].N#CCC[S-].[Cl][Ir+][Cl].[Ir+3].[Ir+3].[S-2]. The predicted octanol–water partition coefficient (Wildman–Crippen LogP) is 11.2. The fraction of sp³-hybridized carbons (Fsp3) is 0.528. The largest absolute Gasteiger partial charge is 3.00 e. The van der Waals surface area contributed by atoms with Crippen LogP contribution in [0.15, 0.2) is 0 Å². The number of nitriles is 2. The summed E-state index contributed by atoms with van der Waals surface area (Å²) in [6.45, 7) is 33.0. The van der Waals surface area contributed by atoms with Gasteiger partial charge >= 0.3 is 75.1 Å². The Kier molecular flexibility index (Phi) is 45.7. The van der Waals surface area contributed by atoms with Gasteiger partial charge in [-0.25, -0.2) is 0 Å². The van der Waals surface area contributed by atoms with E-state index in [1.165, 1.54) is 88.8 Å². The first-order valence-corrected chi connectivity index (χ1v) is 21.3. The first-order chi connectivity index (χ1) is 19.9. The third-order valence-corrected chi connectivity index (χ3v) is 9.27. The van der Waals surface area contributed by atoms with E-state index in [-0.39, 0.29) is 53.7 Å². The zero-order valence-electron chi connectivity index (χ0n) is 30.2. The van der Waals surface area contributed by atoms with Crippen molar-refractivity contribution in [3.8, 4) is 12.1 Å². The van der Waals surface area contributed by atoms with Gasteiger partial charge in [0.15, 0.2) is 0 Å². The number of nitrogens with zero attached hydrogens (tertiary/aromatic N) is 2. The van der Waals surface area contributed by atoms with Gasteiger partial charge in [0.1, 0.15) is 0 Å². The summed E-state index contributed by atoms with van der Waals surface area (Å²) in [7, 11) is 9.78. The van der Waals surface area contributed by atoms with Crippen LogP contribution >= 0.6 is 19.2 Å². The minimum absolute atomic E-state index is 0. The number of halogens is 2. The molecule has 0 bridgehead atoms. The molecule has 0 aromatic heterocycles. The van der Waals surface area contributed by atoms with Crippen molar-refractivity contribution in [2.24, 2.45) is 0 Å². The van der Waals surface area contributed by atoms with Gasteiger partial charge in [-0.05, 0) is 88.8 Å². The van der Waals surface area contributed by atoms with Crippen LogP contribution in [0, 0.1) is 111 Å². The molecule has 10 heteroatoms. The van der Waals surface area contributed by atoms with Crippen LogP contribution in [0.3, 0.4) is 0 Å². The summed E-state index contributed by atoms with van der Waals surface area (Å²) in [5.74, 6) is 23.1. The monoisotopic (exact) mass is 1260 g/mol.